The molecule has 0 radical (unpaired) electrons. The molecular formula is C18H12Cl2F3N3O3S. The van der Waals surface area contributed by atoms with Gasteiger partial charge in [0.25, 0.3) is 15.9 Å². The zero-order valence-electron chi connectivity index (χ0n) is 15.0. The Morgan fingerprint density at radius 3 is 2.47 bits per heavy atom. The molecular weight excluding hydrogens is 466 g/mol. The Morgan fingerprint density at radius 2 is 1.80 bits per heavy atom. The van der Waals surface area contributed by atoms with Crippen molar-refractivity contribution in [2.45, 2.75) is 11.1 Å². The molecule has 1 aromatic heterocycles. The zero-order valence-corrected chi connectivity index (χ0v) is 17.4. The van der Waals surface area contributed by atoms with Crippen molar-refractivity contribution in [1.82, 2.24) is 14.5 Å². The summed E-state index contributed by atoms with van der Waals surface area (Å²) in [6.45, 7) is 0. The van der Waals surface area contributed by atoms with Gasteiger partial charge in [-0.1, -0.05) is 35.3 Å². The van der Waals surface area contributed by atoms with E-state index in [0.29, 0.717) is 0 Å². The summed E-state index contributed by atoms with van der Waals surface area (Å²) in [4.78, 5) is 12.0. The van der Waals surface area contributed by atoms with Crippen molar-refractivity contribution in [1.29, 1.82) is 0 Å². The van der Waals surface area contributed by atoms with Gasteiger partial charge in [-0.05, 0) is 36.4 Å². The number of aromatic nitrogens is 2. The van der Waals surface area contributed by atoms with E-state index < -0.39 is 32.6 Å². The highest BCUT2D eigenvalue weighted by atomic mass is 35.5. The molecule has 3 rings (SSSR count). The van der Waals surface area contributed by atoms with Crippen LogP contribution in [0.15, 0.2) is 53.4 Å². The van der Waals surface area contributed by atoms with Gasteiger partial charge in [-0.2, -0.15) is 18.3 Å². The molecule has 158 valence electrons. The number of hydrogen-bond donors (Lipinski definition) is 1. The fraction of sp³-hybridized carbons (Fsp3) is 0.111. The molecule has 0 aliphatic rings. The molecule has 0 saturated heterocycles. The van der Waals surface area contributed by atoms with Crippen LogP contribution in [-0.2, 0) is 23.2 Å². The molecule has 0 unspecified atom stereocenters. The van der Waals surface area contributed by atoms with E-state index in [4.69, 9.17) is 23.2 Å². The Balaban J connectivity index is 1.92. The summed E-state index contributed by atoms with van der Waals surface area (Å²) in [7, 11) is -2.96. The van der Waals surface area contributed by atoms with Crippen LogP contribution in [0.3, 0.4) is 0 Å². The van der Waals surface area contributed by atoms with Crippen LogP contribution < -0.4 is 4.72 Å². The van der Waals surface area contributed by atoms with Gasteiger partial charge in [0.15, 0.2) is 5.69 Å². The number of carbonyl (C=O) groups is 1. The van der Waals surface area contributed by atoms with Crippen LogP contribution in [0.2, 0.25) is 10.0 Å². The van der Waals surface area contributed by atoms with E-state index in [2.05, 4.69) is 5.10 Å². The van der Waals surface area contributed by atoms with Crippen LogP contribution in [0.4, 0.5) is 13.2 Å². The van der Waals surface area contributed by atoms with E-state index in [-0.39, 0.29) is 27.0 Å². The number of nitrogens with one attached hydrogen (secondary N) is 1. The van der Waals surface area contributed by atoms with Gasteiger partial charge in [-0.3, -0.25) is 9.48 Å². The average Bonchev–Trinajstić information content (AvgIpc) is 3.04. The quantitative estimate of drug-likeness (QED) is 0.598. The van der Waals surface area contributed by atoms with Gasteiger partial charge in [-0.15, -0.1) is 0 Å². The zero-order chi connectivity index (χ0) is 22.3. The van der Waals surface area contributed by atoms with Crippen LogP contribution in [0.1, 0.15) is 16.1 Å². The van der Waals surface area contributed by atoms with Crippen molar-refractivity contribution in [3.05, 3.63) is 69.8 Å². The lowest BCUT2D eigenvalue weighted by atomic mass is 10.1. The Labute approximate surface area is 179 Å². The van der Waals surface area contributed by atoms with Crippen LogP contribution in [-0.4, -0.2) is 24.1 Å². The van der Waals surface area contributed by atoms with Gasteiger partial charge in [0, 0.05) is 17.6 Å². The predicted molar refractivity (Wildman–Crippen MR) is 105 cm³/mol. The number of benzene rings is 2. The maximum Gasteiger partial charge on any atom is 0.416 e. The molecule has 6 nitrogen and oxygen atoms in total. The van der Waals surface area contributed by atoms with Crippen molar-refractivity contribution in [2.75, 3.05) is 0 Å². The summed E-state index contributed by atoms with van der Waals surface area (Å²) in [5.41, 5.74) is -0.846. The topological polar surface area (TPSA) is 81.1 Å². The first-order chi connectivity index (χ1) is 13.9. The highest BCUT2D eigenvalue weighted by Gasteiger charge is 2.31. The second-order valence-electron chi connectivity index (χ2n) is 6.13. The minimum Gasteiger partial charge on any atom is -0.267 e. The van der Waals surface area contributed by atoms with Gasteiger partial charge in [0.2, 0.25) is 0 Å². The first kappa shape index (κ1) is 22.1. The SMILES string of the molecule is Cn1nc(C(=O)NS(=O)(=O)c2cc(Cl)ccc2Cl)cc1-c1cccc(C(F)(F)F)c1. The van der Waals surface area contributed by atoms with Crippen LogP contribution in [0, 0.1) is 0 Å². The average molecular weight is 478 g/mol. The molecule has 3 aromatic rings. The fourth-order valence-corrected chi connectivity index (χ4v) is 4.34. The third kappa shape index (κ3) is 4.61. The molecule has 0 atom stereocenters. The van der Waals surface area contributed by atoms with Gasteiger partial charge < -0.3 is 0 Å². The summed E-state index contributed by atoms with van der Waals surface area (Å²) in [6.07, 6.45) is -4.54. The maximum absolute atomic E-state index is 13.0. The number of alkyl halides is 3. The largest absolute Gasteiger partial charge is 0.416 e. The first-order valence-corrected chi connectivity index (χ1v) is 10.4. The number of carbonyl (C=O) groups excluding carboxylic acids is 1. The Morgan fingerprint density at radius 1 is 1.10 bits per heavy atom. The second kappa shape index (κ2) is 7.93. The molecule has 0 aliphatic heterocycles. The number of amides is 1. The van der Waals surface area contributed by atoms with E-state index in [1.807, 2.05) is 4.72 Å². The van der Waals surface area contributed by atoms with Gasteiger partial charge in [-0.25, -0.2) is 13.1 Å². The number of sulfonamides is 1. The van der Waals surface area contributed by atoms with Crippen molar-refractivity contribution in [2.24, 2.45) is 7.05 Å². The van der Waals surface area contributed by atoms with E-state index in [9.17, 15) is 26.4 Å². The van der Waals surface area contributed by atoms with E-state index >= 15 is 0 Å². The third-order valence-electron chi connectivity index (χ3n) is 4.01. The molecule has 1 amide bonds. The molecule has 0 spiro atoms. The molecule has 0 saturated carbocycles. The van der Waals surface area contributed by atoms with Crippen LogP contribution in [0.25, 0.3) is 11.3 Å². The third-order valence-corrected chi connectivity index (χ3v) is 6.06. The van der Waals surface area contributed by atoms with Gasteiger partial charge in [0.05, 0.1) is 16.3 Å². The molecule has 1 heterocycles. The molecule has 30 heavy (non-hydrogen) atoms. The van der Waals surface area contributed by atoms with Gasteiger partial charge in [0.1, 0.15) is 4.90 Å². The standard InChI is InChI=1S/C18H12Cl2F3N3O3S/c1-26-15(10-3-2-4-11(7-10)18(21,22)23)9-14(24-26)17(27)25-30(28,29)16-8-12(19)5-6-13(16)20/h2-9H,1H3,(H,25,27). The van der Waals surface area contributed by atoms with Crippen LogP contribution in [0.5, 0.6) is 0 Å². The van der Waals surface area contributed by atoms with Crippen molar-refractivity contribution in [3.8, 4) is 11.3 Å². The predicted octanol–water partition coefficient (Wildman–Crippen LogP) is 4.53. The van der Waals surface area contributed by atoms with Crippen LogP contribution >= 0.6 is 23.2 Å². The van der Waals surface area contributed by atoms with Gasteiger partial charge >= 0.3 is 6.18 Å². The monoisotopic (exact) mass is 477 g/mol. The maximum atomic E-state index is 13.0. The van der Waals surface area contributed by atoms with Crippen molar-refractivity contribution < 1.29 is 26.4 Å². The Bertz CT molecular complexity index is 1240. The van der Waals surface area contributed by atoms with E-state index in [1.54, 1.807) is 0 Å². The molecule has 12 heteroatoms. The number of rotatable bonds is 4. The first-order valence-electron chi connectivity index (χ1n) is 8.12. The lowest BCUT2D eigenvalue weighted by Gasteiger charge is -2.08. The molecule has 1 N–H and O–H groups in total. The highest BCUT2D eigenvalue weighted by Crippen LogP contribution is 2.32. The van der Waals surface area contributed by atoms with Crippen molar-refractivity contribution in [3.63, 3.8) is 0 Å². The highest BCUT2D eigenvalue weighted by molar-refractivity contribution is 7.90. The normalized spacial score (nSPS) is 12.1. The lowest BCUT2D eigenvalue weighted by molar-refractivity contribution is -0.137. The Hall–Kier alpha value is -2.56. The summed E-state index contributed by atoms with van der Waals surface area (Å²) >= 11 is 11.7. The molecule has 0 bridgehead atoms. The minimum atomic E-state index is -4.54. The smallest absolute Gasteiger partial charge is 0.267 e. The summed E-state index contributed by atoms with van der Waals surface area (Å²) in [6, 6.07) is 9.34. The fourth-order valence-electron chi connectivity index (χ4n) is 2.62. The number of halogens is 5. The number of nitrogens with zero attached hydrogens (tertiary/aromatic N) is 2. The molecule has 2 aromatic carbocycles. The molecule has 0 fully saturated rings. The van der Waals surface area contributed by atoms with Crippen molar-refractivity contribution >= 4 is 39.1 Å². The summed E-state index contributed by atoms with van der Waals surface area (Å²) in [5, 5.41) is 3.84. The molecule has 0 aliphatic carbocycles. The minimum absolute atomic E-state index is 0.0943. The Kier molecular flexibility index (Phi) is 5.85. The summed E-state index contributed by atoms with van der Waals surface area (Å²) < 4.78 is 66.8. The number of aryl methyl sites for hydroxylation is 1. The van der Waals surface area contributed by atoms with E-state index in [1.165, 1.54) is 42.1 Å². The second-order valence-corrected chi connectivity index (χ2v) is 8.62. The lowest BCUT2D eigenvalue weighted by Crippen LogP contribution is -2.31. The summed E-state index contributed by atoms with van der Waals surface area (Å²) in [5.74, 6) is -1.08. The number of hydrogen-bond acceptors (Lipinski definition) is 4. The van der Waals surface area contributed by atoms with E-state index in [0.717, 1.165) is 18.2 Å².